The van der Waals surface area contributed by atoms with Crippen molar-refractivity contribution in [2.75, 3.05) is 5.32 Å². The molecule has 1 amide bonds. The fourth-order valence-electron chi connectivity index (χ4n) is 2.70. The van der Waals surface area contributed by atoms with Gasteiger partial charge >= 0.3 is 0 Å². The molecule has 0 saturated carbocycles. The van der Waals surface area contributed by atoms with Crippen LogP contribution in [0.3, 0.4) is 0 Å². The van der Waals surface area contributed by atoms with E-state index in [9.17, 15) is 9.59 Å². The van der Waals surface area contributed by atoms with E-state index in [2.05, 4.69) is 10.3 Å². The van der Waals surface area contributed by atoms with Gasteiger partial charge in [0.1, 0.15) is 11.4 Å². The van der Waals surface area contributed by atoms with Gasteiger partial charge in [-0.1, -0.05) is 11.6 Å². The van der Waals surface area contributed by atoms with Crippen LogP contribution in [0.4, 0.5) is 5.82 Å². The van der Waals surface area contributed by atoms with Crippen LogP contribution in [-0.2, 0) is 0 Å². The lowest BCUT2D eigenvalue weighted by molar-refractivity contribution is 0.102. The molecule has 0 radical (unpaired) electrons. The summed E-state index contributed by atoms with van der Waals surface area (Å²) in [4.78, 5) is 29.6. The molecule has 0 saturated heterocycles. The molecule has 0 fully saturated rings. The number of pyridine rings is 2. The van der Waals surface area contributed by atoms with Crippen LogP contribution in [0.5, 0.6) is 0 Å². The smallest absolute Gasteiger partial charge is 0.262 e. The summed E-state index contributed by atoms with van der Waals surface area (Å²) in [5, 5.41) is 3.57. The largest absolute Gasteiger partial charge is 0.344 e. The molecule has 0 spiro atoms. The average Bonchev–Trinajstić information content (AvgIpc) is 2.55. The highest BCUT2D eigenvalue weighted by molar-refractivity contribution is 6.31. The number of hydrogen-bond acceptors (Lipinski definition) is 3. The monoisotopic (exact) mass is 355 g/mol. The van der Waals surface area contributed by atoms with Gasteiger partial charge in [0.05, 0.1) is 5.52 Å². The lowest BCUT2D eigenvalue weighted by Gasteiger charge is -2.16. The number of aromatic nitrogens is 2. The van der Waals surface area contributed by atoms with Crippen LogP contribution in [0.2, 0.25) is 5.02 Å². The SMILES string of the molecule is Cc1ccnc(NC(=O)c2cn(C(C)C)c3ccc(Cl)cc3c2=O)c1. The van der Waals surface area contributed by atoms with E-state index in [1.54, 1.807) is 36.7 Å². The maximum atomic E-state index is 12.8. The van der Waals surface area contributed by atoms with Crippen molar-refractivity contribution < 1.29 is 4.79 Å². The van der Waals surface area contributed by atoms with Crippen LogP contribution in [0.15, 0.2) is 47.5 Å². The fraction of sp³-hybridized carbons (Fsp3) is 0.211. The van der Waals surface area contributed by atoms with Gasteiger partial charge in [-0.25, -0.2) is 4.98 Å². The number of hydrogen-bond donors (Lipinski definition) is 1. The van der Waals surface area contributed by atoms with Gasteiger partial charge in [-0.15, -0.1) is 0 Å². The van der Waals surface area contributed by atoms with Gasteiger partial charge in [0, 0.05) is 28.8 Å². The van der Waals surface area contributed by atoms with Crippen LogP contribution in [0.1, 0.15) is 35.8 Å². The first-order valence-corrected chi connectivity index (χ1v) is 8.33. The van der Waals surface area contributed by atoms with Crippen molar-refractivity contribution in [1.82, 2.24) is 9.55 Å². The predicted molar refractivity (Wildman–Crippen MR) is 101 cm³/mol. The van der Waals surface area contributed by atoms with Gasteiger partial charge in [-0.05, 0) is 56.7 Å². The highest BCUT2D eigenvalue weighted by Gasteiger charge is 2.17. The molecule has 1 N–H and O–H groups in total. The third-order valence-electron chi connectivity index (χ3n) is 3.95. The number of aryl methyl sites for hydroxylation is 1. The molecule has 3 aromatic rings. The molecular weight excluding hydrogens is 338 g/mol. The maximum Gasteiger partial charge on any atom is 0.262 e. The van der Waals surface area contributed by atoms with E-state index in [-0.39, 0.29) is 17.0 Å². The number of amides is 1. The van der Waals surface area contributed by atoms with Crippen LogP contribution >= 0.6 is 11.6 Å². The van der Waals surface area contributed by atoms with E-state index < -0.39 is 5.91 Å². The Morgan fingerprint density at radius 2 is 2.00 bits per heavy atom. The van der Waals surface area contributed by atoms with Crippen LogP contribution in [0, 0.1) is 6.92 Å². The van der Waals surface area contributed by atoms with Gasteiger partial charge in [-0.3, -0.25) is 9.59 Å². The number of halogens is 1. The summed E-state index contributed by atoms with van der Waals surface area (Å²) in [6.07, 6.45) is 3.20. The number of nitrogens with zero attached hydrogens (tertiary/aromatic N) is 2. The molecule has 0 unspecified atom stereocenters. The molecule has 0 aliphatic carbocycles. The molecule has 3 rings (SSSR count). The van der Waals surface area contributed by atoms with E-state index in [1.807, 2.05) is 31.4 Å². The summed E-state index contributed by atoms with van der Waals surface area (Å²) in [6, 6.07) is 8.78. The minimum absolute atomic E-state index is 0.0618. The molecule has 0 aliphatic heterocycles. The number of benzene rings is 1. The highest BCUT2D eigenvalue weighted by Crippen LogP contribution is 2.21. The van der Waals surface area contributed by atoms with Crippen molar-refractivity contribution in [3.63, 3.8) is 0 Å². The van der Waals surface area contributed by atoms with E-state index in [1.165, 1.54) is 0 Å². The van der Waals surface area contributed by atoms with Gasteiger partial charge in [0.2, 0.25) is 5.43 Å². The summed E-state index contributed by atoms with van der Waals surface area (Å²) in [5.74, 6) is -0.0777. The average molecular weight is 356 g/mol. The molecule has 0 aliphatic rings. The van der Waals surface area contributed by atoms with E-state index in [0.29, 0.717) is 16.2 Å². The molecule has 5 nitrogen and oxygen atoms in total. The second kappa shape index (κ2) is 6.69. The second-order valence-corrected chi connectivity index (χ2v) is 6.64. The molecule has 128 valence electrons. The summed E-state index contributed by atoms with van der Waals surface area (Å²) < 4.78 is 1.89. The van der Waals surface area contributed by atoms with Crippen molar-refractivity contribution >= 4 is 34.2 Å². The van der Waals surface area contributed by atoms with Gasteiger partial charge in [0.25, 0.3) is 5.91 Å². The first-order chi connectivity index (χ1) is 11.9. The molecule has 2 heterocycles. The Hall–Kier alpha value is -2.66. The number of anilines is 1. The Bertz CT molecular complexity index is 1020. The lowest BCUT2D eigenvalue weighted by Crippen LogP contribution is -2.24. The summed E-state index contributed by atoms with van der Waals surface area (Å²) in [5.41, 5.74) is 1.43. The topological polar surface area (TPSA) is 64.0 Å². The first-order valence-electron chi connectivity index (χ1n) is 7.95. The maximum absolute atomic E-state index is 12.8. The van der Waals surface area contributed by atoms with Gasteiger partial charge in [0.15, 0.2) is 0 Å². The van der Waals surface area contributed by atoms with E-state index >= 15 is 0 Å². The van der Waals surface area contributed by atoms with Crippen LogP contribution < -0.4 is 10.7 Å². The van der Waals surface area contributed by atoms with Crippen LogP contribution in [0.25, 0.3) is 10.9 Å². The van der Waals surface area contributed by atoms with Crippen molar-refractivity contribution in [2.45, 2.75) is 26.8 Å². The number of carbonyl (C=O) groups excluding carboxylic acids is 1. The summed E-state index contributed by atoms with van der Waals surface area (Å²) in [6.45, 7) is 5.88. The number of carbonyl (C=O) groups is 1. The first kappa shape index (κ1) is 17.2. The quantitative estimate of drug-likeness (QED) is 0.766. The minimum Gasteiger partial charge on any atom is -0.344 e. The van der Waals surface area contributed by atoms with Crippen molar-refractivity contribution in [2.24, 2.45) is 0 Å². The Balaban J connectivity index is 2.13. The molecule has 1 aromatic carbocycles. The molecule has 0 bridgehead atoms. The molecule has 25 heavy (non-hydrogen) atoms. The van der Waals surface area contributed by atoms with Crippen molar-refractivity contribution in [1.29, 1.82) is 0 Å². The molecular formula is C19H18ClN3O2. The standard InChI is InChI=1S/C19H18ClN3O2/c1-11(2)23-10-15(18(24)14-9-13(20)4-5-16(14)23)19(25)22-17-8-12(3)6-7-21-17/h4-11H,1-3H3,(H,21,22,25). The number of nitrogens with one attached hydrogen (secondary N) is 1. The third-order valence-corrected chi connectivity index (χ3v) is 4.19. The molecule has 2 aromatic heterocycles. The lowest BCUT2D eigenvalue weighted by atomic mass is 10.1. The van der Waals surface area contributed by atoms with E-state index in [0.717, 1.165) is 11.1 Å². The zero-order chi connectivity index (χ0) is 18.1. The second-order valence-electron chi connectivity index (χ2n) is 6.21. The van der Waals surface area contributed by atoms with Crippen LogP contribution in [-0.4, -0.2) is 15.5 Å². The Labute approximate surface area is 150 Å². The normalized spacial score (nSPS) is 11.1. The number of fused-ring (bicyclic) bond motifs is 1. The molecule has 6 heteroatoms. The summed E-state index contributed by atoms with van der Waals surface area (Å²) >= 11 is 6.04. The highest BCUT2D eigenvalue weighted by atomic mass is 35.5. The minimum atomic E-state index is -0.487. The van der Waals surface area contributed by atoms with Gasteiger partial charge < -0.3 is 9.88 Å². The zero-order valence-corrected chi connectivity index (χ0v) is 15.0. The van der Waals surface area contributed by atoms with Crippen molar-refractivity contribution in [3.05, 3.63) is 69.1 Å². The Morgan fingerprint density at radius 3 is 2.68 bits per heavy atom. The number of rotatable bonds is 3. The Kier molecular flexibility index (Phi) is 4.59. The molecule has 0 atom stereocenters. The fourth-order valence-corrected chi connectivity index (χ4v) is 2.88. The van der Waals surface area contributed by atoms with E-state index in [4.69, 9.17) is 11.6 Å². The Morgan fingerprint density at radius 1 is 1.24 bits per heavy atom. The van der Waals surface area contributed by atoms with Gasteiger partial charge in [-0.2, -0.15) is 0 Å². The third kappa shape index (κ3) is 3.42. The van der Waals surface area contributed by atoms with Crippen molar-refractivity contribution in [3.8, 4) is 0 Å². The summed E-state index contributed by atoms with van der Waals surface area (Å²) in [7, 11) is 0. The predicted octanol–water partition coefficient (Wildman–Crippen LogP) is 4.19. The zero-order valence-electron chi connectivity index (χ0n) is 14.2.